The summed E-state index contributed by atoms with van der Waals surface area (Å²) in [5, 5.41) is 4.15. The van der Waals surface area contributed by atoms with E-state index in [9.17, 15) is 9.59 Å². The van der Waals surface area contributed by atoms with Crippen molar-refractivity contribution in [2.24, 2.45) is 0 Å². The highest BCUT2D eigenvalue weighted by atomic mass is 16.1. The van der Waals surface area contributed by atoms with Crippen molar-refractivity contribution >= 4 is 16.8 Å². The molecule has 0 saturated heterocycles. The van der Waals surface area contributed by atoms with E-state index < -0.39 is 0 Å². The average molecular weight is 340 g/mol. The first-order valence-electron chi connectivity index (χ1n) is 9.48. The molecule has 1 heterocycles. The van der Waals surface area contributed by atoms with Crippen LogP contribution in [0, 0.1) is 0 Å². The molecule has 2 N–H and O–H groups in total. The Kier molecular flexibility index (Phi) is 5.57. The quantitative estimate of drug-likeness (QED) is 0.863. The molecule has 1 saturated carbocycles. The van der Waals surface area contributed by atoms with E-state index in [-0.39, 0.29) is 11.5 Å². The Labute approximate surface area is 149 Å². The van der Waals surface area contributed by atoms with Gasteiger partial charge in [-0.1, -0.05) is 39.2 Å². The minimum Gasteiger partial charge on any atom is -0.353 e. The highest BCUT2D eigenvalue weighted by Crippen LogP contribution is 2.20. The number of rotatable bonds is 5. The average Bonchev–Trinajstić information content (AvgIpc) is 2.60. The lowest BCUT2D eigenvalue weighted by Gasteiger charge is -2.22. The van der Waals surface area contributed by atoms with Crippen LogP contribution in [0.3, 0.4) is 0 Å². The molecule has 1 aromatic heterocycles. The Balaban J connectivity index is 1.68. The van der Waals surface area contributed by atoms with Crippen molar-refractivity contribution in [3.8, 4) is 0 Å². The second-order valence-electron chi connectivity index (χ2n) is 7.53. The molecule has 0 bridgehead atoms. The van der Waals surface area contributed by atoms with Gasteiger partial charge < -0.3 is 10.3 Å². The lowest BCUT2D eigenvalue weighted by atomic mass is 9.95. The summed E-state index contributed by atoms with van der Waals surface area (Å²) >= 11 is 0. The number of hydrogen-bond donors (Lipinski definition) is 2. The Hall–Kier alpha value is -2.10. The molecule has 1 amide bonds. The van der Waals surface area contributed by atoms with E-state index in [1.165, 1.54) is 24.8 Å². The van der Waals surface area contributed by atoms with Gasteiger partial charge in [0.05, 0.1) is 0 Å². The second kappa shape index (κ2) is 7.85. The predicted octanol–water partition coefficient (Wildman–Crippen LogP) is 4.03. The third-order valence-electron chi connectivity index (χ3n) is 5.20. The third kappa shape index (κ3) is 4.50. The van der Waals surface area contributed by atoms with Gasteiger partial charge in [-0.25, -0.2) is 0 Å². The number of pyridine rings is 1. The van der Waals surface area contributed by atoms with Crippen LogP contribution in [0.5, 0.6) is 0 Å². The number of carbonyl (C=O) groups is 1. The number of nitrogens with one attached hydrogen (secondary N) is 2. The fourth-order valence-electron chi connectivity index (χ4n) is 3.61. The first kappa shape index (κ1) is 17.7. The fourth-order valence-corrected chi connectivity index (χ4v) is 3.61. The van der Waals surface area contributed by atoms with Crippen LogP contribution in [0.1, 0.15) is 69.4 Å². The van der Waals surface area contributed by atoms with Gasteiger partial charge in [0.1, 0.15) is 0 Å². The van der Waals surface area contributed by atoms with Crippen LogP contribution in [0.15, 0.2) is 29.1 Å². The Morgan fingerprint density at radius 3 is 2.68 bits per heavy atom. The van der Waals surface area contributed by atoms with E-state index >= 15 is 0 Å². The number of H-pyrrole nitrogens is 1. The number of aryl methyl sites for hydroxylation is 1. The van der Waals surface area contributed by atoms with Crippen molar-refractivity contribution in [2.75, 3.05) is 0 Å². The standard InChI is InChI=1S/C21H28N2O2/c1-14(2)15-8-10-19-17(12-15)13-16(21(25)23-19)9-11-20(24)22-18-6-4-3-5-7-18/h8,10,12-14,18H,3-7,9,11H2,1-2H3,(H,22,24)(H,23,25). The normalized spacial score (nSPS) is 15.6. The number of amides is 1. The SMILES string of the molecule is CC(C)c1ccc2[nH]c(=O)c(CCC(=O)NC3CCCCC3)cc2c1. The minimum absolute atomic E-state index is 0.0577. The molecule has 4 nitrogen and oxygen atoms in total. The summed E-state index contributed by atoms with van der Waals surface area (Å²) in [6.45, 7) is 4.31. The molecule has 3 rings (SSSR count). The smallest absolute Gasteiger partial charge is 0.251 e. The Bertz CT molecular complexity index is 801. The van der Waals surface area contributed by atoms with Crippen LogP contribution in [-0.2, 0) is 11.2 Å². The van der Waals surface area contributed by atoms with Crippen molar-refractivity contribution in [1.29, 1.82) is 0 Å². The molecular formula is C21H28N2O2. The lowest BCUT2D eigenvalue weighted by Crippen LogP contribution is -2.36. The molecule has 0 aliphatic heterocycles. The van der Waals surface area contributed by atoms with E-state index in [1.54, 1.807) is 0 Å². The molecule has 25 heavy (non-hydrogen) atoms. The minimum atomic E-state index is -0.0877. The molecular weight excluding hydrogens is 312 g/mol. The van der Waals surface area contributed by atoms with Crippen LogP contribution in [0.4, 0.5) is 0 Å². The second-order valence-corrected chi connectivity index (χ2v) is 7.53. The molecule has 4 heteroatoms. The number of aromatic nitrogens is 1. The monoisotopic (exact) mass is 340 g/mol. The zero-order chi connectivity index (χ0) is 17.8. The summed E-state index contributed by atoms with van der Waals surface area (Å²) in [6, 6.07) is 8.41. The summed E-state index contributed by atoms with van der Waals surface area (Å²) in [7, 11) is 0. The molecule has 0 atom stereocenters. The van der Waals surface area contributed by atoms with E-state index in [2.05, 4.69) is 36.3 Å². The van der Waals surface area contributed by atoms with Crippen LogP contribution >= 0.6 is 0 Å². The van der Waals surface area contributed by atoms with Gasteiger partial charge >= 0.3 is 0 Å². The van der Waals surface area contributed by atoms with Gasteiger partial charge in [0.15, 0.2) is 0 Å². The van der Waals surface area contributed by atoms with Gasteiger partial charge in [-0.3, -0.25) is 9.59 Å². The summed E-state index contributed by atoms with van der Waals surface area (Å²) in [6.07, 6.45) is 6.70. The van der Waals surface area contributed by atoms with E-state index in [1.807, 2.05) is 12.1 Å². The summed E-state index contributed by atoms with van der Waals surface area (Å²) in [4.78, 5) is 27.4. The number of carbonyl (C=O) groups excluding carboxylic acids is 1. The molecule has 0 unspecified atom stereocenters. The first-order valence-corrected chi connectivity index (χ1v) is 9.48. The molecule has 2 aromatic rings. The molecule has 0 spiro atoms. The van der Waals surface area contributed by atoms with Crippen molar-refractivity contribution < 1.29 is 4.79 Å². The van der Waals surface area contributed by atoms with E-state index in [0.29, 0.717) is 30.4 Å². The summed E-state index contributed by atoms with van der Waals surface area (Å²) < 4.78 is 0. The number of hydrogen-bond acceptors (Lipinski definition) is 2. The van der Waals surface area contributed by atoms with Crippen molar-refractivity contribution in [2.45, 2.75) is 70.8 Å². The van der Waals surface area contributed by atoms with E-state index in [4.69, 9.17) is 0 Å². The first-order chi connectivity index (χ1) is 12.0. The predicted molar refractivity (Wildman–Crippen MR) is 102 cm³/mol. The largest absolute Gasteiger partial charge is 0.353 e. The van der Waals surface area contributed by atoms with Crippen LogP contribution < -0.4 is 10.9 Å². The van der Waals surface area contributed by atoms with Gasteiger partial charge in [-0.15, -0.1) is 0 Å². The van der Waals surface area contributed by atoms with Crippen molar-refractivity contribution in [3.05, 3.63) is 45.7 Å². The molecule has 1 aliphatic rings. The highest BCUT2D eigenvalue weighted by Gasteiger charge is 2.16. The topological polar surface area (TPSA) is 62.0 Å². The van der Waals surface area contributed by atoms with Gasteiger partial charge in [0.2, 0.25) is 5.91 Å². The number of aromatic amines is 1. The fraction of sp³-hybridized carbons (Fsp3) is 0.524. The Morgan fingerprint density at radius 1 is 1.20 bits per heavy atom. The molecule has 1 aromatic carbocycles. The van der Waals surface area contributed by atoms with Crippen molar-refractivity contribution in [3.63, 3.8) is 0 Å². The zero-order valence-electron chi connectivity index (χ0n) is 15.2. The number of fused-ring (bicyclic) bond motifs is 1. The van der Waals surface area contributed by atoms with Crippen molar-refractivity contribution in [1.82, 2.24) is 10.3 Å². The third-order valence-corrected chi connectivity index (χ3v) is 5.20. The van der Waals surface area contributed by atoms with Gasteiger partial charge in [0.25, 0.3) is 5.56 Å². The molecule has 1 fully saturated rings. The molecule has 1 aliphatic carbocycles. The van der Waals surface area contributed by atoms with Gasteiger partial charge in [-0.2, -0.15) is 0 Å². The van der Waals surface area contributed by atoms with Crippen LogP contribution in [0.25, 0.3) is 10.9 Å². The maximum absolute atomic E-state index is 12.3. The maximum atomic E-state index is 12.3. The summed E-state index contributed by atoms with van der Waals surface area (Å²) in [5.41, 5.74) is 2.70. The zero-order valence-corrected chi connectivity index (χ0v) is 15.2. The van der Waals surface area contributed by atoms with Crippen LogP contribution in [-0.4, -0.2) is 16.9 Å². The lowest BCUT2D eigenvalue weighted by molar-refractivity contribution is -0.121. The van der Waals surface area contributed by atoms with Gasteiger partial charge in [-0.05, 0) is 54.3 Å². The highest BCUT2D eigenvalue weighted by molar-refractivity contribution is 5.80. The molecule has 134 valence electrons. The van der Waals surface area contributed by atoms with Crippen LogP contribution in [0.2, 0.25) is 0 Å². The maximum Gasteiger partial charge on any atom is 0.251 e. The van der Waals surface area contributed by atoms with E-state index in [0.717, 1.165) is 23.7 Å². The van der Waals surface area contributed by atoms with Gasteiger partial charge in [0, 0.05) is 23.5 Å². The summed E-state index contributed by atoms with van der Waals surface area (Å²) in [5.74, 6) is 0.503. The number of benzene rings is 1. The molecule has 0 radical (unpaired) electrons. The Morgan fingerprint density at radius 2 is 1.96 bits per heavy atom.